The molecule has 0 saturated carbocycles. The minimum Gasteiger partial charge on any atom is -0.486 e. The quantitative estimate of drug-likeness (QED) is 0.512. The highest BCUT2D eigenvalue weighted by atomic mass is 32.1. The van der Waals surface area contributed by atoms with Gasteiger partial charge in [0, 0.05) is 5.38 Å². The normalized spacial score (nSPS) is 11.8. The molecule has 0 N–H and O–H groups in total. The lowest BCUT2D eigenvalue weighted by atomic mass is 10.2. The van der Waals surface area contributed by atoms with E-state index in [9.17, 15) is 4.79 Å². The first-order valence-electron chi connectivity index (χ1n) is 7.60. The van der Waals surface area contributed by atoms with Crippen molar-refractivity contribution in [1.82, 2.24) is 4.98 Å². The van der Waals surface area contributed by atoms with Gasteiger partial charge in [-0.2, -0.15) is 0 Å². The molecule has 1 aromatic carbocycles. The van der Waals surface area contributed by atoms with E-state index >= 15 is 0 Å². The van der Waals surface area contributed by atoms with E-state index in [1.807, 2.05) is 36.6 Å². The van der Waals surface area contributed by atoms with Crippen LogP contribution in [0.3, 0.4) is 0 Å². The number of ether oxygens (including phenoxy) is 3. The largest absolute Gasteiger partial charge is 0.486 e. The molecular formula is C18H21NO4S. The van der Waals surface area contributed by atoms with Crippen molar-refractivity contribution >= 4 is 17.3 Å². The van der Waals surface area contributed by atoms with E-state index in [2.05, 4.69) is 11.6 Å². The van der Waals surface area contributed by atoms with Crippen LogP contribution < -0.4 is 4.74 Å². The summed E-state index contributed by atoms with van der Waals surface area (Å²) in [5, 5.41) is 2.69. The molecule has 0 saturated heterocycles. The molecule has 1 atom stereocenters. The second-order valence-corrected chi connectivity index (χ2v) is 6.15. The van der Waals surface area contributed by atoms with Gasteiger partial charge in [0.05, 0.1) is 12.3 Å². The molecule has 0 aliphatic rings. The number of hydrogen-bond donors (Lipinski definition) is 0. The van der Waals surface area contributed by atoms with Crippen LogP contribution in [0.15, 0.2) is 42.3 Å². The van der Waals surface area contributed by atoms with Crippen molar-refractivity contribution in [1.29, 1.82) is 0 Å². The van der Waals surface area contributed by atoms with E-state index in [1.165, 1.54) is 16.9 Å². The maximum Gasteiger partial charge on any atom is 0.335 e. The fourth-order valence-electron chi connectivity index (χ4n) is 1.80. The molecule has 0 fully saturated rings. The summed E-state index contributed by atoms with van der Waals surface area (Å²) in [6.07, 6.45) is 0.968. The molecule has 0 amide bonds. The van der Waals surface area contributed by atoms with Gasteiger partial charge in [0.15, 0.2) is 6.10 Å². The highest BCUT2D eigenvalue weighted by Gasteiger charge is 2.15. The molecule has 6 heteroatoms. The number of benzene rings is 1. The molecule has 0 radical (unpaired) electrons. The molecule has 2 rings (SSSR count). The standard InChI is InChI=1S/C18H21NO4S/c1-4-9-21-14(3)18(20)23-10-15-12-24-17(19-15)11-22-16-7-5-13(2)6-8-16/h4-8,12,14H,1,9-11H2,2-3H3. The SMILES string of the molecule is C=CCOC(C)C(=O)OCc1csc(COc2ccc(C)cc2)n1. The van der Waals surface area contributed by atoms with Crippen molar-refractivity contribution in [3.05, 3.63) is 58.6 Å². The van der Waals surface area contributed by atoms with Gasteiger partial charge >= 0.3 is 5.97 Å². The van der Waals surface area contributed by atoms with Gasteiger partial charge < -0.3 is 14.2 Å². The van der Waals surface area contributed by atoms with E-state index in [-0.39, 0.29) is 6.61 Å². The van der Waals surface area contributed by atoms with Crippen molar-refractivity contribution in [2.75, 3.05) is 6.61 Å². The maximum atomic E-state index is 11.7. The lowest BCUT2D eigenvalue weighted by molar-refractivity contribution is -0.156. The first-order valence-corrected chi connectivity index (χ1v) is 8.48. The molecule has 0 bridgehead atoms. The van der Waals surface area contributed by atoms with E-state index in [0.717, 1.165) is 10.8 Å². The van der Waals surface area contributed by atoms with Crippen molar-refractivity contribution < 1.29 is 19.0 Å². The Morgan fingerprint density at radius 2 is 2.08 bits per heavy atom. The number of esters is 1. The van der Waals surface area contributed by atoms with Gasteiger partial charge in [-0.05, 0) is 26.0 Å². The fraction of sp³-hybridized carbons (Fsp3) is 0.333. The van der Waals surface area contributed by atoms with E-state index in [0.29, 0.717) is 18.9 Å². The van der Waals surface area contributed by atoms with Crippen LogP contribution in [0.2, 0.25) is 0 Å². The van der Waals surface area contributed by atoms with E-state index in [1.54, 1.807) is 13.0 Å². The van der Waals surface area contributed by atoms with Crippen molar-refractivity contribution in [3.8, 4) is 5.75 Å². The Bertz CT molecular complexity index is 666. The Morgan fingerprint density at radius 1 is 1.33 bits per heavy atom. The van der Waals surface area contributed by atoms with Crippen molar-refractivity contribution in [3.63, 3.8) is 0 Å². The van der Waals surface area contributed by atoms with Gasteiger partial charge in [-0.1, -0.05) is 23.8 Å². The molecule has 0 spiro atoms. The van der Waals surface area contributed by atoms with Crippen LogP contribution in [-0.2, 0) is 27.5 Å². The molecular weight excluding hydrogens is 326 g/mol. The molecule has 128 valence electrons. The van der Waals surface area contributed by atoms with Gasteiger partial charge in [0.1, 0.15) is 24.0 Å². The number of rotatable bonds is 9. The van der Waals surface area contributed by atoms with Crippen LogP contribution in [0.1, 0.15) is 23.2 Å². The molecule has 2 aromatic rings. The zero-order valence-electron chi connectivity index (χ0n) is 13.9. The average molecular weight is 347 g/mol. The minimum absolute atomic E-state index is 0.127. The Hall–Kier alpha value is -2.18. The second-order valence-electron chi connectivity index (χ2n) is 5.21. The molecule has 5 nitrogen and oxygen atoms in total. The van der Waals surface area contributed by atoms with Gasteiger partial charge in [-0.3, -0.25) is 0 Å². The topological polar surface area (TPSA) is 57.7 Å². The summed E-state index contributed by atoms with van der Waals surface area (Å²) >= 11 is 1.47. The predicted octanol–water partition coefficient (Wildman–Crippen LogP) is 3.66. The van der Waals surface area contributed by atoms with Gasteiger partial charge in [0.25, 0.3) is 0 Å². The maximum absolute atomic E-state index is 11.7. The number of nitrogens with zero attached hydrogens (tertiary/aromatic N) is 1. The summed E-state index contributed by atoms with van der Waals surface area (Å²) in [4.78, 5) is 16.1. The van der Waals surface area contributed by atoms with Crippen LogP contribution in [0.4, 0.5) is 0 Å². The summed E-state index contributed by atoms with van der Waals surface area (Å²) in [6.45, 7) is 8.04. The van der Waals surface area contributed by atoms with Crippen molar-refractivity contribution in [2.24, 2.45) is 0 Å². The summed E-state index contributed by atoms with van der Waals surface area (Å²) in [7, 11) is 0. The molecule has 24 heavy (non-hydrogen) atoms. The summed E-state index contributed by atoms with van der Waals surface area (Å²) < 4.78 is 16.1. The molecule has 1 aromatic heterocycles. The number of aryl methyl sites for hydroxylation is 1. The zero-order valence-corrected chi connectivity index (χ0v) is 14.7. The lowest BCUT2D eigenvalue weighted by Gasteiger charge is -2.10. The van der Waals surface area contributed by atoms with Crippen molar-refractivity contribution in [2.45, 2.75) is 33.2 Å². The number of thiazole rings is 1. The van der Waals surface area contributed by atoms with E-state index < -0.39 is 12.1 Å². The predicted molar refractivity (Wildman–Crippen MR) is 93.0 cm³/mol. The van der Waals surface area contributed by atoms with Crippen LogP contribution >= 0.6 is 11.3 Å². The number of carbonyl (C=O) groups excluding carboxylic acids is 1. The summed E-state index contributed by atoms with van der Waals surface area (Å²) in [5.41, 5.74) is 1.89. The lowest BCUT2D eigenvalue weighted by Crippen LogP contribution is -2.23. The molecule has 0 aliphatic heterocycles. The number of aromatic nitrogens is 1. The van der Waals surface area contributed by atoms with Gasteiger partial charge in [-0.15, -0.1) is 17.9 Å². The minimum atomic E-state index is -0.619. The molecule has 1 heterocycles. The highest BCUT2D eigenvalue weighted by molar-refractivity contribution is 7.09. The Morgan fingerprint density at radius 3 is 2.79 bits per heavy atom. The molecule has 0 aliphatic carbocycles. The smallest absolute Gasteiger partial charge is 0.335 e. The first-order chi connectivity index (χ1) is 11.6. The van der Waals surface area contributed by atoms with E-state index in [4.69, 9.17) is 14.2 Å². The average Bonchev–Trinajstić information content (AvgIpc) is 3.05. The van der Waals surface area contributed by atoms with Crippen LogP contribution in [0.5, 0.6) is 5.75 Å². The second kappa shape index (κ2) is 9.20. The number of carbonyl (C=O) groups is 1. The van der Waals surface area contributed by atoms with Crippen LogP contribution in [0, 0.1) is 6.92 Å². The summed E-state index contributed by atoms with van der Waals surface area (Å²) in [6, 6.07) is 7.85. The zero-order chi connectivity index (χ0) is 17.4. The number of hydrogen-bond acceptors (Lipinski definition) is 6. The van der Waals surface area contributed by atoms with Gasteiger partial charge in [-0.25, -0.2) is 9.78 Å². The third kappa shape index (κ3) is 5.79. The fourth-order valence-corrected chi connectivity index (χ4v) is 2.49. The third-order valence-electron chi connectivity index (χ3n) is 3.14. The van der Waals surface area contributed by atoms with Crippen LogP contribution in [-0.4, -0.2) is 23.7 Å². The molecule has 1 unspecified atom stereocenters. The van der Waals surface area contributed by atoms with Crippen LogP contribution in [0.25, 0.3) is 0 Å². The van der Waals surface area contributed by atoms with Gasteiger partial charge in [0.2, 0.25) is 0 Å². The Kier molecular flexibility index (Phi) is 6.96. The Labute approximate surface area is 145 Å². The first kappa shape index (κ1) is 18.2. The monoisotopic (exact) mass is 347 g/mol. The third-order valence-corrected chi connectivity index (χ3v) is 4.01. The Balaban J connectivity index is 1.77. The summed E-state index contributed by atoms with van der Waals surface area (Å²) in [5.74, 6) is 0.388. The highest BCUT2D eigenvalue weighted by Crippen LogP contribution is 2.16.